The summed E-state index contributed by atoms with van der Waals surface area (Å²) >= 11 is 0. The van der Waals surface area contributed by atoms with Gasteiger partial charge in [0.05, 0.1) is 33.1 Å². The van der Waals surface area contributed by atoms with Crippen LogP contribution in [0.3, 0.4) is 0 Å². The van der Waals surface area contributed by atoms with Gasteiger partial charge in [-0.05, 0) is 18.2 Å². The molecular weight excluding hydrogens is 702 g/mol. The van der Waals surface area contributed by atoms with Gasteiger partial charge in [0.25, 0.3) is 0 Å². The van der Waals surface area contributed by atoms with Crippen LogP contribution in [0.1, 0.15) is 41.5 Å². The fraction of sp³-hybridized carbons (Fsp3) is 0.231. The lowest BCUT2D eigenvalue weighted by Crippen LogP contribution is -2.07. The van der Waals surface area contributed by atoms with Crippen LogP contribution in [0, 0.1) is 0 Å². The van der Waals surface area contributed by atoms with E-state index in [1.807, 2.05) is 34.8 Å². The minimum Gasteiger partial charge on any atom is -0.423 e. The highest BCUT2D eigenvalue weighted by molar-refractivity contribution is 6.39. The molecular formula is C39H33N3O12. The van der Waals surface area contributed by atoms with E-state index in [0.29, 0.717) is 65.4 Å². The molecule has 0 saturated carbocycles. The van der Waals surface area contributed by atoms with Crippen LogP contribution in [0.15, 0.2) is 36.4 Å². The molecule has 7 rings (SSSR count). The van der Waals surface area contributed by atoms with Crippen molar-refractivity contribution >= 4 is 101 Å². The predicted molar refractivity (Wildman–Crippen MR) is 196 cm³/mol. The highest BCUT2D eigenvalue weighted by Gasteiger charge is 2.29. The van der Waals surface area contributed by atoms with Gasteiger partial charge in [0.2, 0.25) is 0 Å². The number of hydrogen-bond acceptors (Lipinski definition) is 12. The average molecular weight is 736 g/mol. The van der Waals surface area contributed by atoms with Crippen molar-refractivity contribution in [3.8, 4) is 34.5 Å². The Morgan fingerprint density at radius 1 is 0.352 bits per heavy atom. The first-order chi connectivity index (χ1) is 25.5. The fourth-order valence-electron chi connectivity index (χ4n) is 7.33. The predicted octanol–water partition coefficient (Wildman–Crippen LogP) is 6.17. The number of carbonyl (C=O) groups excluding carboxylic acids is 6. The van der Waals surface area contributed by atoms with Crippen molar-refractivity contribution in [1.29, 1.82) is 0 Å². The zero-order valence-corrected chi connectivity index (χ0v) is 30.7. The molecule has 0 aliphatic heterocycles. The van der Waals surface area contributed by atoms with Crippen LogP contribution in [-0.4, -0.2) is 49.5 Å². The van der Waals surface area contributed by atoms with Crippen molar-refractivity contribution < 1.29 is 57.2 Å². The second-order valence-electron chi connectivity index (χ2n) is 12.9. The number of carbonyl (C=O) groups is 6. The molecule has 0 unspecified atom stereocenters. The lowest BCUT2D eigenvalue weighted by molar-refractivity contribution is -0.134. The number of aryl methyl sites for hydroxylation is 3. The number of aromatic nitrogens is 3. The van der Waals surface area contributed by atoms with Crippen molar-refractivity contribution in [2.45, 2.75) is 41.5 Å². The molecule has 0 saturated heterocycles. The molecule has 276 valence electrons. The van der Waals surface area contributed by atoms with E-state index in [9.17, 15) is 28.8 Å². The molecule has 3 aromatic heterocycles. The van der Waals surface area contributed by atoms with Gasteiger partial charge >= 0.3 is 35.8 Å². The quantitative estimate of drug-likeness (QED) is 0.141. The van der Waals surface area contributed by atoms with E-state index in [2.05, 4.69) is 0 Å². The van der Waals surface area contributed by atoms with Crippen molar-refractivity contribution in [2.24, 2.45) is 21.1 Å². The Kier molecular flexibility index (Phi) is 8.32. The Balaban J connectivity index is 1.79. The average Bonchev–Trinajstić information content (AvgIpc) is 3.60. The Morgan fingerprint density at radius 2 is 0.537 bits per heavy atom. The number of benzene rings is 4. The van der Waals surface area contributed by atoms with E-state index in [-0.39, 0.29) is 34.5 Å². The smallest absolute Gasteiger partial charge is 0.308 e. The van der Waals surface area contributed by atoms with Gasteiger partial charge in [-0.15, -0.1) is 0 Å². The van der Waals surface area contributed by atoms with E-state index >= 15 is 0 Å². The zero-order valence-electron chi connectivity index (χ0n) is 30.7. The fourth-order valence-corrected chi connectivity index (χ4v) is 7.33. The van der Waals surface area contributed by atoms with Crippen molar-refractivity contribution in [1.82, 2.24) is 13.7 Å². The SMILES string of the molecule is CC(=O)Oc1cc2c3c(c4c5cc(OC(C)=O)c(OC(C)=O)cc5n(C)c4c4c5cc(OC(C)=O)c(OC(C)=O)cc5n(C)c34)n(C)c2cc1OC(C)=O. The van der Waals surface area contributed by atoms with Gasteiger partial charge in [0, 0.05) is 113 Å². The minimum absolute atomic E-state index is 0.0140. The van der Waals surface area contributed by atoms with Crippen molar-refractivity contribution in [3.05, 3.63) is 36.4 Å². The highest BCUT2D eigenvalue weighted by Crippen LogP contribution is 2.51. The molecule has 3 heterocycles. The number of rotatable bonds is 6. The summed E-state index contributed by atoms with van der Waals surface area (Å²) in [4.78, 5) is 73.3. The number of esters is 6. The van der Waals surface area contributed by atoms with E-state index in [1.54, 1.807) is 36.4 Å². The molecule has 15 heteroatoms. The maximum Gasteiger partial charge on any atom is 0.308 e. The molecule has 15 nitrogen and oxygen atoms in total. The largest absolute Gasteiger partial charge is 0.423 e. The van der Waals surface area contributed by atoms with Crippen LogP contribution < -0.4 is 28.4 Å². The highest BCUT2D eigenvalue weighted by atomic mass is 16.6. The van der Waals surface area contributed by atoms with Gasteiger partial charge in [-0.2, -0.15) is 0 Å². The van der Waals surface area contributed by atoms with Gasteiger partial charge in [-0.3, -0.25) is 28.8 Å². The number of ether oxygens (including phenoxy) is 6. The molecule has 0 N–H and O–H groups in total. The summed E-state index contributed by atoms with van der Waals surface area (Å²) in [5.74, 6) is -3.64. The number of hydrogen-bond donors (Lipinski definition) is 0. The van der Waals surface area contributed by atoms with E-state index in [4.69, 9.17) is 28.4 Å². The van der Waals surface area contributed by atoms with Crippen LogP contribution in [0.25, 0.3) is 65.4 Å². The second kappa shape index (κ2) is 12.6. The topological polar surface area (TPSA) is 173 Å². The molecule has 0 radical (unpaired) electrons. The normalized spacial score (nSPS) is 11.5. The second-order valence-corrected chi connectivity index (χ2v) is 12.9. The summed E-state index contributed by atoms with van der Waals surface area (Å²) < 4.78 is 38.9. The Morgan fingerprint density at radius 3 is 0.722 bits per heavy atom. The first-order valence-corrected chi connectivity index (χ1v) is 16.6. The summed E-state index contributed by atoms with van der Waals surface area (Å²) in [5.41, 5.74) is 3.87. The molecule has 0 atom stereocenters. The van der Waals surface area contributed by atoms with Gasteiger partial charge < -0.3 is 42.1 Å². The van der Waals surface area contributed by atoms with E-state index in [1.165, 1.54) is 41.5 Å². The first kappa shape index (κ1) is 35.5. The first-order valence-electron chi connectivity index (χ1n) is 16.6. The van der Waals surface area contributed by atoms with Crippen molar-refractivity contribution in [2.75, 3.05) is 0 Å². The maximum absolute atomic E-state index is 12.3. The van der Waals surface area contributed by atoms with Crippen LogP contribution >= 0.6 is 0 Å². The van der Waals surface area contributed by atoms with Gasteiger partial charge in [0.15, 0.2) is 34.5 Å². The monoisotopic (exact) mass is 735 g/mol. The Bertz CT molecular complexity index is 2550. The van der Waals surface area contributed by atoms with Gasteiger partial charge in [-0.25, -0.2) is 0 Å². The zero-order chi connectivity index (χ0) is 39.1. The number of nitrogens with zero attached hydrogens (tertiary/aromatic N) is 3. The Labute approximate surface area is 305 Å². The van der Waals surface area contributed by atoms with E-state index in [0.717, 1.165) is 0 Å². The van der Waals surface area contributed by atoms with Gasteiger partial charge in [0.1, 0.15) is 0 Å². The minimum atomic E-state index is -0.633. The van der Waals surface area contributed by atoms with Crippen LogP contribution in [0.5, 0.6) is 34.5 Å². The molecule has 0 amide bonds. The van der Waals surface area contributed by atoms with Crippen LogP contribution in [0.2, 0.25) is 0 Å². The molecule has 0 aliphatic carbocycles. The van der Waals surface area contributed by atoms with E-state index < -0.39 is 35.8 Å². The number of fused-ring (bicyclic) bond motifs is 12. The van der Waals surface area contributed by atoms with Crippen LogP contribution in [0.4, 0.5) is 0 Å². The molecule has 0 aliphatic rings. The lowest BCUT2D eigenvalue weighted by Gasteiger charge is -2.10. The molecule has 0 spiro atoms. The summed E-state index contributed by atoms with van der Waals surface area (Å²) in [7, 11) is 5.49. The summed E-state index contributed by atoms with van der Waals surface area (Å²) in [5, 5.41) is 3.91. The maximum atomic E-state index is 12.3. The summed E-state index contributed by atoms with van der Waals surface area (Å²) in [6.07, 6.45) is 0. The van der Waals surface area contributed by atoms with Gasteiger partial charge in [-0.1, -0.05) is 0 Å². The standard InChI is InChI=1S/C39H33N3O12/c1-16(43)49-28-10-22-25(13-31(28)52-19(4)46)40(7)37-34(22)38-36(23-11-29(50-17(2)44)32(53-20(5)47)14-26(23)41(38)8)39-35(37)24-12-30(51-18(3)45)33(54-21(6)48)15-27(24)42(39)9/h10-15H,1-9H3. The van der Waals surface area contributed by atoms with Crippen LogP contribution in [-0.2, 0) is 49.9 Å². The van der Waals surface area contributed by atoms with Crippen molar-refractivity contribution in [3.63, 3.8) is 0 Å². The third kappa shape index (κ3) is 5.60. The third-order valence-electron chi connectivity index (χ3n) is 9.03. The molecule has 54 heavy (non-hydrogen) atoms. The summed E-state index contributed by atoms with van der Waals surface area (Å²) in [6, 6.07) is 9.72. The molecule has 7 aromatic rings. The summed E-state index contributed by atoms with van der Waals surface area (Å²) in [6.45, 7) is 7.42. The third-order valence-corrected chi connectivity index (χ3v) is 9.03. The molecule has 0 fully saturated rings. The Hall–Kier alpha value is -6.90. The molecule has 4 aromatic carbocycles. The lowest BCUT2D eigenvalue weighted by atomic mass is 10.0. The molecule has 0 bridgehead atoms.